The Morgan fingerprint density at radius 2 is 1.58 bits per heavy atom. The number of nitrogens with zero attached hydrogens (tertiary/aromatic N) is 3. The van der Waals surface area contributed by atoms with E-state index in [1.54, 1.807) is 6.26 Å². The van der Waals surface area contributed by atoms with Gasteiger partial charge in [0.05, 0.1) is 12.0 Å². The third-order valence-corrected chi connectivity index (χ3v) is 1.33. The Hall–Kier alpha value is -1.36. The first-order chi connectivity index (χ1) is 6.00. The first-order valence-electron chi connectivity index (χ1n) is 3.19. The Kier molecular flexibility index (Phi) is 4.63. The molecule has 0 aliphatic carbocycles. The molecule has 1 aliphatic heterocycles. The first-order valence-corrected chi connectivity index (χ1v) is 3.99. The summed E-state index contributed by atoms with van der Waals surface area (Å²) in [4.78, 5) is 10.7. The highest BCUT2D eigenvalue weighted by atomic mass is 32.2. The lowest BCUT2D eigenvalue weighted by Crippen LogP contribution is -1.73. The zero-order valence-electron chi connectivity index (χ0n) is 6.20. The van der Waals surface area contributed by atoms with E-state index < -0.39 is 0 Å². The van der Waals surface area contributed by atoms with Gasteiger partial charge in [0.1, 0.15) is 25.2 Å². The van der Waals surface area contributed by atoms with Crippen LogP contribution in [0.4, 0.5) is 0 Å². The van der Waals surface area contributed by atoms with E-state index in [0.717, 1.165) is 0 Å². The summed E-state index contributed by atoms with van der Waals surface area (Å²) in [6, 6.07) is 0. The van der Waals surface area contributed by atoms with E-state index in [9.17, 15) is 0 Å². The van der Waals surface area contributed by atoms with Crippen LogP contribution in [0.15, 0.2) is 42.8 Å². The highest BCUT2D eigenvalue weighted by molar-refractivity contribution is 7.97. The molecule has 0 unspecified atom stereocenters. The maximum Gasteiger partial charge on any atom is 0.119 e. The van der Waals surface area contributed by atoms with Crippen LogP contribution in [0.25, 0.3) is 0 Å². The van der Waals surface area contributed by atoms with Gasteiger partial charge >= 0.3 is 0 Å². The van der Waals surface area contributed by atoms with Crippen molar-refractivity contribution in [3.8, 4) is 0 Å². The van der Waals surface area contributed by atoms with Crippen LogP contribution in [-0.2, 0) is 4.18 Å². The molecule has 0 amide bonds. The van der Waals surface area contributed by atoms with Crippen molar-refractivity contribution in [3.63, 3.8) is 0 Å². The van der Waals surface area contributed by atoms with E-state index >= 15 is 0 Å². The zero-order valence-corrected chi connectivity index (χ0v) is 7.02. The number of aromatic nitrogens is 3. The number of allylic oxidation sites excluding steroid dienone is 2. The van der Waals surface area contributed by atoms with Crippen LogP contribution in [0.3, 0.4) is 0 Å². The highest BCUT2D eigenvalue weighted by Crippen LogP contribution is 2.08. The van der Waals surface area contributed by atoms with Gasteiger partial charge in [0.2, 0.25) is 0 Å². The lowest BCUT2D eigenvalue weighted by atomic mass is 10.6. The Labute approximate surface area is 74.6 Å². The fourth-order valence-corrected chi connectivity index (χ4v) is 0.771. The van der Waals surface area contributed by atoms with Crippen molar-refractivity contribution in [1.82, 2.24) is 15.0 Å². The van der Waals surface area contributed by atoms with Crippen LogP contribution in [0.2, 0.25) is 0 Å². The maximum atomic E-state index is 4.72. The molecular formula is C7H7N3OS. The largest absolute Gasteiger partial charge is 0.429 e. The minimum absolute atomic E-state index is 1.33. The Morgan fingerprint density at radius 3 is 1.75 bits per heavy atom. The number of rotatable bonds is 0. The molecule has 0 saturated heterocycles. The normalized spacial score (nSPS) is 12.7. The molecule has 0 N–H and O–H groups in total. The molecule has 1 aromatic heterocycles. The molecule has 0 bridgehead atoms. The summed E-state index contributed by atoms with van der Waals surface area (Å²) in [6.45, 7) is 0. The summed E-state index contributed by atoms with van der Waals surface area (Å²) in [6.07, 6.45) is 9.72. The van der Waals surface area contributed by atoms with Crippen LogP contribution in [0.1, 0.15) is 0 Å². The van der Waals surface area contributed by atoms with Gasteiger partial charge in [0.15, 0.2) is 0 Å². The molecule has 1 aromatic rings. The highest BCUT2D eigenvalue weighted by Gasteiger charge is 1.77. The predicted octanol–water partition coefficient (Wildman–Crippen LogP) is 1.56. The van der Waals surface area contributed by atoms with Gasteiger partial charge in [0, 0.05) is 5.41 Å². The van der Waals surface area contributed by atoms with Crippen molar-refractivity contribution in [1.29, 1.82) is 0 Å². The molecule has 12 heavy (non-hydrogen) atoms. The fraction of sp³-hybridized carbons (Fsp3) is 0. The standard InChI is InChI=1S/C4H4OS.C3H3N3/c1-2-4-6-5-3-1;1-4-2-6-3-5-1/h1-4H;1-3H. The Bertz CT molecular complexity index is 211. The van der Waals surface area contributed by atoms with Gasteiger partial charge in [-0.05, 0) is 12.2 Å². The first kappa shape index (κ1) is 8.73. The van der Waals surface area contributed by atoms with Crippen LogP contribution in [0, 0.1) is 0 Å². The van der Waals surface area contributed by atoms with E-state index in [4.69, 9.17) is 4.18 Å². The third kappa shape index (κ3) is 4.45. The SMILES string of the molecule is C1=COSC=C1.c1ncncn1. The number of hydrogen-bond donors (Lipinski definition) is 0. The second-order valence-corrected chi connectivity index (χ2v) is 2.30. The monoisotopic (exact) mass is 181 g/mol. The topological polar surface area (TPSA) is 47.9 Å². The summed E-state index contributed by atoms with van der Waals surface area (Å²) >= 11 is 1.33. The van der Waals surface area contributed by atoms with Gasteiger partial charge in [-0.3, -0.25) is 0 Å². The van der Waals surface area contributed by atoms with Crippen molar-refractivity contribution in [2.75, 3.05) is 0 Å². The molecule has 0 aromatic carbocycles. The molecule has 0 atom stereocenters. The lowest BCUT2D eigenvalue weighted by Gasteiger charge is -1.91. The minimum Gasteiger partial charge on any atom is -0.429 e. The van der Waals surface area contributed by atoms with Crippen LogP contribution in [-0.4, -0.2) is 15.0 Å². The van der Waals surface area contributed by atoms with Gasteiger partial charge < -0.3 is 4.18 Å². The molecule has 2 rings (SSSR count). The summed E-state index contributed by atoms with van der Waals surface area (Å²) < 4.78 is 4.72. The van der Waals surface area contributed by atoms with Crippen molar-refractivity contribution in [2.24, 2.45) is 0 Å². The fourth-order valence-electron chi connectivity index (χ4n) is 0.424. The van der Waals surface area contributed by atoms with Crippen molar-refractivity contribution in [3.05, 3.63) is 42.8 Å². The summed E-state index contributed by atoms with van der Waals surface area (Å²) in [7, 11) is 0. The summed E-state index contributed by atoms with van der Waals surface area (Å²) in [5, 5.41) is 1.88. The average molecular weight is 181 g/mol. The van der Waals surface area contributed by atoms with E-state index in [1.165, 1.54) is 31.0 Å². The summed E-state index contributed by atoms with van der Waals surface area (Å²) in [5.41, 5.74) is 0. The van der Waals surface area contributed by atoms with Crippen LogP contribution < -0.4 is 0 Å². The summed E-state index contributed by atoms with van der Waals surface area (Å²) in [5.74, 6) is 0. The van der Waals surface area contributed by atoms with E-state index in [2.05, 4.69) is 15.0 Å². The molecule has 1 aliphatic rings. The predicted molar refractivity (Wildman–Crippen MR) is 46.8 cm³/mol. The molecule has 4 nitrogen and oxygen atoms in total. The second kappa shape index (κ2) is 6.36. The molecular weight excluding hydrogens is 174 g/mol. The van der Waals surface area contributed by atoms with Crippen LogP contribution >= 0.6 is 12.0 Å². The smallest absolute Gasteiger partial charge is 0.119 e. The molecule has 5 heteroatoms. The van der Waals surface area contributed by atoms with Crippen LogP contribution in [0.5, 0.6) is 0 Å². The van der Waals surface area contributed by atoms with Crippen molar-refractivity contribution in [2.45, 2.75) is 0 Å². The number of hydrogen-bond acceptors (Lipinski definition) is 5. The van der Waals surface area contributed by atoms with Gasteiger partial charge in [-0.1, -0.05) is 0 Å². The van der Waals surface area contributed by atoms with Gasteiger partial charge in [0.25, 0.3) is 0 Å². The minimum atomic E-state index is 1.33. The van der Waals surface area contributed by atoms with Gasteiger partial charge in [-0.2, -0.15) is 0 Å². The quantitative estimate of drug-likeness (QED) is 0.568. The molecule has 0 fully saturated rings. The Balaban J connectivity index is 0.000000120. The van der Waals surface area contributed by atoms with E-state index in [0.29, 0.717) is 0 Å². The van der Waals surface area contributed by atoms with Crippen molar-refractivity contribution < 1.29 is 4.18 Å². The Morgan fingerprint density at radius 1 is 0.917 bits per heavy atom. The van der Waals surface area contributed by atoms with E-state index in [1.807, 2.05) is 17.6 Å². The zero-order chi connectivity index (χ0) is 8.49. The second-order valence-electron chi connectivity index (χ2n) is 1.64. The molecule has 0 saturated carbocycles. The third-order valence-electron chi connectivity index (χ3n) is 0.835. The average Bonchev–Trinajstić information content (AvgIpc) is 2.24. The molecule has 0 spiro atoms. The maximum absolute atomic E-state index is 4.72. The van der Waals surface area contributed by atoms with Gasteiger partial charge in [-0.25, -0.2) is 15.0 Å². The van der Waals surface area contributed by atoms with Crippen molar-refractivity contribution >= 4 is 12.0 Å². The molecule has 2 heterocycles. The van der Waals surface area contributed by atoms with Gasteiger partial charge in [-0.15, -0.1) is 0 Å². The molecule has 0 radical (unpaired) electrons. The molecule has 62 valence electrons. The van der Waals surface area contributed by atoms with E-state index in [-0.39, 0.29) is 0 Å². The lowest BCUT2D eigenvalue weighted by molar-refractivity contribution is 0.569.